The van der Waals surface area contributed by atoms with Crippen LogP contribution in [0.25, 0.3) is 0 Å². The van der Waals surface area contributed by atoms with Gasteiger partial charge in [-0.05, 0) is 60.7 Å². The first-order valence-electron chi connectivity index (χ1n) is 7.29. The van der Waals surface area contributed by atoms with E-state index in [2.05, 4.69) is 17.4 Å². The minimum atomic E-state index is -0.501. The molecule has 1 amide bonds. The number of anilines is 1. The van der Waals surface area contributed by atoms with E-state index in [1.54, 1.807) is 24.3 Å². The Bertz CT molecular complexity index is 623. The van der Waals surface area contributed by atoms with Crippen LogP contribution in [0.4, 0.5) is 5.69 Å². The molecule has 0 aromatic heterocycles. The molecule has 0 aliphatic rings. The first kappa shape index (κ1) is 16.2. The number of rotatable bonds is 7. The van der Waals surface area contributed by atoms with Crippen molar-refractivity contribution in [2.45, 2.75) is 25.7 Å². The molecule has 0 heterocycles. The quantitative estimate of drug-likeness (QED) is 0.607. The molecule has 4 heteroatoms. The molecule has 0 saturated carbocycles. The first-order chi connectivity index (χ1) is 10.6. The third-order valence-corrected chi connectivity index (χ3v) is 3.58. The smallest absolute Gasteiger partial charge is 0.252 e. The molecule has 0 unspecified atom stereocenters. The maximum Gasteiger partial charge on any atom is 0.252 e. The second-order valence-electron chi connectivity index (χ2n) is 5.09. The summed E-state index contributed by atoms with van der Waals surface area (Å²) in [6.45, 7) is 0. The van der Waals surface area contributed by atoms with E-state index in [9.17, 15) is 9.59 Å². The average molecular weight is 316 g/mol. The Morgan fingerprint density at radius 1 is 0.909 bits per heavy atom. The van der Waals surface area contributed by atoms with Gasteiger partial charge in [-0.25, -0.2) is 0 Å². The SMILES string of the molecule is O=C(CCCCc1ccccc1)Nc1ccc(C(=O)Cl)cc1. The summed E-state index contributed by atoms with van der Waals surface area (Å²) in [5.41, 5.74) is 2.39. The van der Waals surface area contributed by atoms with Crippen molar-refractivity contribution in [1.82, 2.24) is 0 Å². The second kappa shape index (κ2) is 8.35. The summed E-state index contributed by atoms with van der Waals surface area (Å²) >= 11 is 5.37. The van der Waals surface area contributed by atoms with Gasteiger partial charge in [-0.15, -0.1) is 0 Å². The van der Waals surface area contributed by atoms with E-state index in [0.29, 0.717) is 17.7 Å². The molecular weight excluding hydrogens is 298 g/mol. The molecule has 114 valence electrons. The third kappa shape index (κ3) is 5.34. The van der Waals surface area contributed by atoms with Gasteiger partial charge in [0.05, 0.1) is 0 Å². The van der Waals surface area contributed by atoms with Crippen LogP contribution < -0.4 is 5.32 Å². The number of carbonyl (C=O) groups excluding carboxylic acids is 2. The predicted molar refractivity (Wildman–Crippen MR) is 89.3 cm³/mol. The van der Waals surface area contributed by atoms with Gasteiger partial charge in [-0.1, -0.05) is 30.3 Å². The van der Waals surface area contributed by atoms with Crippen molar-refractivity contribution in [3.8, 4) is 0 Å². The lowest BCUT2D eigenvalue weighted by atomic mass is 10.1. The Morgan fingerprint density at radius 3 is 2.23 bits per heavy atom. The molecule has 0 fully saturated rings. The van der Waals surface area contributed by atoms with Gasteiger partial charge < -0.3 is 5.32 Å². The molecule has 22 heavy (non-hydrogen) atoms. The summed E-state index contributed by atoms with van der Waals surface area (Å²) in [6.07, 6.45) is 3.31. The lowest BCUT2D eigenvalue weighted by Crippen LogP contribution is -2.11. The molecule has 0 spiro atoms. The van der Waals surface area contributed by atoms with Crippen molar-refractivity contribution in [3.05, 3.63) is 65.7 Å². The van der Waals surface area contributed by atoms with E-state index in [1.165, 1.54) is 5.56 Å². The summed E-state index contributed by atoms with van der Waals surface area (Å²) in [5.74, 6) is -0.0157. The predicted octanol–water partition coefficient (Wildman–Crippen LogP) is 4.42. The molecule has 2 rings (SSSR count). The number of benzene rings is 2. The van der Waals surface area contributed by atoms with Gasteiger partial charge >= 0.3 is 0 Å². The van der Waals surface area contributed by atoms with Crippen LogP contribution in [-0.4, -0.2) is 11.1 Å². The van der Waals surface area contributed by atoms with Gasteiger partial charge in [0.2, 0.25) is 5.91 Å². The highest BCUT2D eigenvalue weighted by Gasteiger charge is 2.04. The molecule has 0 atom stereocenters. The molecule has 2 aromatic carbocycles. The van der Waals surface area contributed by atoms with Crippen molar-refractivity contribution in [2.24, 2.45) is 0 Å². The fourth-order valence-electron chi connectivity index (χ4n) is 2.17. The van der Waals surface area contributed by atoms with E-state index < -0.39 is 5.24 Å². The molecule has 0 aliphatic heterocycles. The molecule has 3 nitrogen and oxygen atoms in total. The highest BCUT2D eigenvalue weighted by Crippen LogP contribution is 2.12. The first-order valence-corrected chi connectivity index (χ1v) is 7.66. The lowest BCUT2D eigenvalue weighted by molar-refractivity contribution is -0.116. The van der Waals surface area contributed by atoms with Crippen molar-refractivity contribution in [3.63, 3.8) is 0 Å². The highest BCUT2D eigenvalue weighted by atomic mass is 35.5. The van der Waals surface area contributed by atoms with Crippen LogP contribution in [0.15, 0.2) is 54.6 Å². The second-order valence-corrected chi connectivity index (χ2v) is 5.44. The van der Waals surface area contributed by atoms with Gasteiger partial charge in [-0.3, -0.25) is 9.59 Å². The van der Waals surface area contributed by atoms with Gasteiger partial charge in [-0.2, -0.15) is 0 Å². The molecule has 0 saturated heterocycles. The van der Waals surface area contributed by atoms with Crippen LogP contribution in [0.5, 0.6) is 0 Å². The lowest BCUT2D eigenvalue weighted by Gasteiger charge is -2.06. The largest absolute Gasteiger partial charge is 0.326 e. The molecule has 0 bridgehead atoms. The standard InChI is InChI=1S/C18H18ClNO2/c19-18(22)15-10-12-16(13-11-15)20-17(21)9-5-4-8-14-6-2-1-3-7-14/h1-3,6-7,10-13H,4-5,8-9H2,(H,20,21). The van der Waals surface area contributed by atoms with Crippen LogP contribution in [0.2, 0.25) is 0 Å². The number of aryl methyl sites for hydroxylation is 1. The Morgan fingerprint density at radius 2 is 1.59 bits per heavy atom. The fourth-order valence-corrected chi connectivity index (χ4v) is 2.29. The van der Waals surface area contributed by atoms with Crippen LogP contribution in [0, 0.1) is 0 Å². The normalized spacial score (nSPS) is 10.2. The number of halogens is 1. The zero-order valence-corrected chi connectivity index (χ0v) is 13.0. The monoisotopic (exact) mass is 315 g/mol. The maximum absolute atomic E-state index is 11.8. The van der Waals surface area contributed by atoms with Gasteiger partial charge in [0.25, 0.3) is 5.24 Å². The van der Waals surface area contributed by atoms with E-state index in [-0.39, 0.29) is 5.91 Å². The number of unbranched alkanes of at least 4 members (excludes halogenated alkanes) is 1. The van der Waals surface area contributed by atoms with Gasteiger partial charge in [0, 0.05) is 17.7 Å². The van der Waals surface area contributed by atoms with Gasteiger partial charge in [0.1, 0.15) is 0 Å². The summed E-state index contributed by atoms with van der Waals surface area (Å²) in [6, 6.07) is 16.8. The Labute approximate surface area is 135 Å². The Balaban J connectivity index is 1.70. The van der Waals surface area contributed by atoms with Gasteiger partial charge in [0.15, 0.2) is 0 Å². The minimum absolute atomic E-state index is 0.0157. The minimum Gasteiger partial charge on any atom is -0.326 e. The average Bonchev–Trinajstić information content (AvgIpc) is 2.53. The zero-order valence-electron chi connectivity index (χ0n) is 12.2. The molecule has 1 N–H and O–H groups in total. The number of hydrogen-bond donors (Lipinski definition) is 1. The van der Waals surface area contributed by atoms with Crippen molar-refractivity contribution in [1.29, 1.82) is 0 Å². The van der Waals surface area contributed by atoms with E-state index in [1.807, 2.05) is 18.2 Å². The summed E-state index contributed by atoms with van der Waals surface area (Å²) in [7, 11) is 0. The fraction of sp³-hybridized carbons (Fsp3) is 0.222. The van der Waals surface area contributed by atoms with Crippen molar-refractivity contribution >= 4 is 28.4 Å². The summed E-state index contributed by atoms with van der Waals surface area (Å²) < 4.78 is 0. The summed E-state index contributed by atoms with van der Waals surface area (Å²) in [5, 5.41) is 2.31. The Hall–Kier alpha value is -2.13. The zero-order chi connectivity index (χ0) is 15.8. The van der Waals surface area contributed by atoms with Crippen LogP contribution in [0.1, 0.15) is 35.2 Å². The number of amides is 1. The van der Waals surface area contributed by atoms with Crippen molar-refractivity contribution < 1.29 is 9.59 Å². The Kier molecular flexibility index (Phi) is 6.16. The van der Waals surface area contributed by atoms with Crippen LogP contribution >= 0.6 is 11.6 Å². The molecule has 0 radical (unpaired) electrons. The number of nitrogens with one attached hydrogen (secondary N) is 1. The highest BCUT2D eigenvalue weighted by molar-refractivity contribution is 6.67. The number of hydrogen-bond acceptors (Lipinski definition) is 2. The third-order valence-electron chi connectivity index (χ3n) is 3.36. The number of carbonyl (C=O) groups is 2. The van der Waals surface area contributed by atoms with E-state index >= 15 is 0 Å². The van der Waals surface area contributed by atoms with E-state index in [0.717, 1.165) is 19.3 Å². The maximum atomic E-state index is 11.8. The topological polar surface area (TPSA) is 46.2 Å². The van der Waals surface area contributed by atoms with Crippen LogP contribution in [0.3, 0.4) is 0 Å². The molecule has 2 aromatic rings. The molecular formula is C18H18ClNO2. The van der Waals surface area contributed by atoms with Crippen molar-refractivity contribution in [2.75, 3.05) is 5.32 Å². The molecule has 0 aliphatic carbocycles. The summed E-state index contributed by atoms with van der Waals surface area (Å²) in [4.78, 5) is 22.8. The van der Waals surface area contributed by atoms with Crippen LogP contribution in [-0.2, 0) is 11.2 Å². The van der Waals surface area contributed by atoms with E-state index in [4.69, 9.17) is 11.6 Å².